The van der Waals surface area contributed by atoms with Gasteiger partial charge in [-0.05, 0) is 44.0 Å². The van der Waals surface area contributed by atoms with E-state index in [1.54, 1.807) is 0 Å². The van der Waals surface area contributed by atoms with E-state index < -0.39 is 21.7 Å². The highest BCUT2D eigenvalue weighted by Gasteiger charge is 2.23. The zero-order chi connectivity index (χ0) is 15.6. The molecule has 5 nitrogen and oxygen atoms in total. The van der Waals surface area contributed by atoms with Gasteiger partial charge in [0, 0.05) is 6.54 Å². The van der Waals surface area contributed by atoms with Crippen LogP contribution in [0.3, 0.4) is 0 Å². The molecule has 0 aliphatic carbocycles. The topological polar surface area (TPSA) is 72.2 Å². The quantitative estimate of drug-likeness (QED) is 0.917. The summed E-state index contributed by atoms with van der Waals surface area (Å²) in [5.41, 5.74) is 0.355. The fourth-order valence-electron chi connectivity index (χ4n) is 1.99. The van der Waals surface area contributed by atoms with Crippen LogP contribution in [0.25, 0.3) is 0 Å². The largest absolute Gasteiger partial charge is 0.360 e. The molecule has 2 aromatic rings. The van der Waals surface area contributed by atoms with Gasteiger partial charge < -0.3 is 4.52 Å². The van der Waals surface area contributed by atoms with Gasteiger partial charge in [0.2, 0.25) is 10.0 Å². The van der Waals surface area contributed by atoms with E-state index in [4.69, 9.17) is 4.52 Å². The van der Waals surface area contributed by atoms with Crippen LogP contribution < -0.4 is 4.72 Å². The number of aromatic nitrogens is 1. The Labute approximate surface area is 121 Å². The second-order valence-electron chi connectivity index (χ2n) is 4.54. The van der Waals surface area contributed by atoms with Crippen LogP contribution in [0, 0.1) is 25.5 Å². The highest BCUT2D eigenvalue weighted by atomic mass is 32.2. The lowest BCUT2D eigenvalue weighted by Crippen LogP contribution is -2.27. The van der Waals surface area contributed by atoms with Gasteiger partial charge in [-0.15, -0.1) is 0 Å². The van der Waals surface area contributed by atoms with Crippen LogP contribution in [-0.2, 0) is 16.4 Å². The van der Waals surface area contributed by atoms with Crippen molar-refractivity contribution in [1.29, 1.82) is 0 Å². The lowest BCUT2D eigenvalue weighted by Gasteiger charge is -2.07. The second-order valence-corrected chi connectivity index (χ2v) is 6.24. The first kappa shape index (κ1) is 15.6. The number of hydrogen-bond donors (Lipinski definition) is 1. The Morgan fingerprint density at radius 3 is 2.62 bits per heavy atom. The molecule has 1 N–H and O–H groups in total. The minimum atomic E-state index is -3.79. The Morgan fingerprint density at radius 2 is 2.00 bits per heavy atom. The Balaban J connectivity index is 2.08. The van der Waals surface area contributed by atoms with Gasteiger partial charge >= 0.3 is 0 Å². The van der Waals surface area contributed by atoms with Gasteiger partial charge in [-0.2, -0.15) is 0 Å². The van der Waals surface area contributed by atoms with Crippen molar-refractivity contribution < 1.29 is 21.7 Å². The predicted molar refractivity (Wildman–Crippen MR) is 71.2 cm³/mol. The van der Waals surface area contributed by atoms with Gasteiger partial charge in [0.25, 0.3) is 0 Å². The third-order valence-electron chi connectivity index (χ3n) is 2.93. The van der Waals surface area contributed by atoms with E-state index in [2.05, 4.69) is 9.88 Å². The third-order valence-corrected chi connectivity index (χ3v) is 4.64. The fourth-order valence-corrected chi connectivity index (χ4v) is 3.34. The van der Waals surface area contributed by atoms with Gasteiger partial charge in [-0.1, -0.05) is 5.16 Å². The molecule has 0 aliphatic rings. The number of hydrogen-bond acceptors (Lipinski definition) is 4. The van der Waals surface area contributed by atoms with Crippen LogP contribution in [0.1, 0.15) is 17.0 Å². The van der Waals surface area contributed by atoms with Crippen molar-refractivity contribution in [2.45, 2.75) is 25.2 Å². The smallest absolute Gasteiger partial charge is 0.245 e. The molecule has 0 saturated carbocycles. The first-order chi connectivity index (χ1) is 9.81. The molecule has 0 aliphatic heterocycles. The van der Waals surface area contributed by atoms with Crippen molar-refractivity contribution in [3.8, 4) is 0 Å². The molecule has 1 aromatic carbocycles. The van der Waals surface area contributed by atoms with E-state index in [1.807, 2.05) is 0 Å². The zero-order valence-electron chi connectivity index (χ0n) is 11.5. The number of aryl methyl sites for hydroxylation is 2. The van der Waals surface area contributed by atoms with Crippen molar-refractivity contribution in [3.05, 3.63) is 46.9 Å². The van der Waals surface area contributed by atoms with Crippen LogP contribution in [0.5, 0.6) is 0 Å². The van der Waals surface area contributed by atoms with Crippen LogP contribution in [0.15, 0.2) is 27.6 Å². The fraction of sp³-hybridized carbons (Fsp3) is 0.308. The molecule has 0 spiro atoms. The monoisotopic (exact) mass is 316 g/mol. The van der Waals surface area contributed by atoms with E-state index in [0.717, 1.165) is 18.2 Å². The van der Waals surface area contributed by atoms with Crippen molar-refractivity contribution in [2.24, 2.45) is 0 Å². The summed E-state index contributed by atoms with van der Waals surface area (Å²) in [5.74, 6) is -0.968. The summed E-state index contributed by atoms with van der Waals surface area (Å²) in [4.78, 5) is -0.0257. The molecule has 2 rings (SSSR count). The molecule has 0 radical (unpaired) electrons. The lowest BCUT2D eigenvalue weighted by atomic mass is 10.1. The van der Waals surface area contributed by atoms with E-state index >= 15 is 0 Å². The summed E-state index contributed by atoms with van der Waals surface area (Å²) < 4.78 is 57.8. The molecule has 0 bridgehead atoms. The Morgan fingerprint density at radius 1 is 1.29 bits per heavy atom. The lowest BCUT2D eigenvalue weighted by molar-refractivity contribution is 0.390. The van der Waals surface area contributed by atoms with E-state index in [1.165, 1.54) is 13.8 Å². The average molecular weight is 316 g/mol. The highest BCUT2D eigenvalue weighted by molar-refractivity contribution is 7.89. The van der Waals surface area contributed by atoms with Crippen LogP contribution in [-0.4, -0.2) is 20.1 Å². The minimum Gasteiger partial charge on any atom is -0.360 e. The predicted octanol–water partition coefficient (Wildman–Crippen LogP) is 2.09. The Hall–Kier alpha value is -1.80. The molecule has 0 fully saturated rings. The van der Waals surface area contributed by atoms with Gasteiger partial charge in [-0.25, -0.2) is 21.9 Å². The molecule has 1 heterocycles. The van der Waals surface area contributed by atoms with E-state index in [9.17, 15) is 17.2 Å². The van der Waals surface area contributed by atoms with Crippen molar-refractivity contribution in [1.82, 2.24) is 9.88 Å². The number of sulfonamides is 1. The zero-order valence-corrected chi connectivity index (χ0v) is 12.3. The molecule has 114 valence electrons. The number of nitrogens with one attached hydrogen (secondary N) is 1. The van der Waals surface area contributed by atoms with Gasteiger partial charge in [0.15, 0.2) is 5.76 Å². The van der Waals surface area contributed by atoms with E-state index in [0.29, 0.717) is 0 Å². The van der Waals surface area contributed by atoms with Gasteiger partial charge in [0.05, 0.1) is 0 Å². The normalized spacial score (nSPS) is 11.8. The standard InChI is InChI=1S/C13H14F2N2O3S/c1-8-13(9(2)20-17-8)21(18,19)16-6-5-10-7-11(14)3-4-12(10)15/h3-4,7,16H,5-6H2,1-2H3. The third kappa shape index (κ3) is 3.45. The van der Waals surface area contributed by atoms with Crippen molar-refractivity contribution in [3.63, 3.8) is 0 Å². The van der Waals surface area contributed by atoms with E-state index in [-0.39, 0.29) is 34.9 Å². The molecular formula is C13H14F2N2O3S. The van der Waals surface area contributed by atoms with Crippen LogP contribution >= 0.6 is 0 Å². The van der Waals surface area contributed by atoms with Crippen LogP contribution in [0.4, 0.5) is 8.78 Å². The summed E-state index contributed by atoms with van der Waals surface area (Å²) in [6.45, 7) is 2.94. The maximum Gasteiger partial charge on any atom is 0.245 e. The summed E-state index contributed by atoms with van der Waals surface area (Å²) in [6, 6.07) is 3.06. The summed E-state index contributed by atoms with van der Waals surface area (Å²) >= 11 is 0. The Kier molecular flexibility index (Phi) is 4.38. The SMILES string of the molecule is Cc1noc(C)c1S(=O)(=O)NCCc1cc(F)ccc1F. The summed E-state index contributed by atoms with van der Waals surface area (Å²) in [6.07, 6.45) is 0.0339. The molecular weight excluding hydrogens is 302 g/mol. The highest BCUT2D eigenvalue weighted by Crippen LogP contribution is 2.18. The summed E-state index contributed by atoms with van der Waals surface area (Å²) in [5, 5.41) is 3.57. The second kappa shape index (κ2) is 5.90. The molecule has 8 heteroatoms. The molecule has 0 atom stereocenters. The maximum absolute atomic E-state index is 13.4. The maximum atomic E-state index is 13.4. The number of benzene rings is 1. The molecule has 0 amide bonds. The molecule has 1 aromatic heterocycles. The minimum absolute atomic E-state index is 0.0257. The number of rotatable bonds is 5. The number of halogens is 2. The first-order valence-electron chi connectivity index (χ1n) is 6.17. The molecule has 0 saturated heterocycles. The van der Waals surface area contributed by atoms with Crippen LogP contribution in [0.2, 0.25) is 0 Å². The van der Waals surface area contributed by atoms with Crippen molar-refractivity contribution >= 4 is 10.0 Å². The first-order valence-corrected chi connectivity index (χ1v) is 7.66. The molecule has 21 heavy (non-hydrogen) atoms. The average Bonchev–Trinajstić information content (AvgIpc) is 2.73. The van der Waals surface area contributed by atoms with Gasteiger partial charge in [0.1, 0.15) is 22.2 Å². The van der Waals surface area contributed by atoms with Crippen molar-refractivity contribution in [2.75, 3.05) is 6.54 Å². The number of nitrogens with zero attached hydrogens (tertiary/aromatic N) is 1. The Bertz CT molecular complexity index is 737. The molecule has 0 unspecified atom stereocenters. The van der Waals surface area contributed by atoms with Gasteiger partial charge in [-0.3, -0.25) is 0 Å². The summed E-state index contributed by atoms with van der Waals surface area (Å²) in [7, 11) is -3.79.